The zero-order valence-corrected chi connectivity index (χ0v) is 9.53. The average Bonchev–Trinajstić information content (AvgIpc) is 2.97. The third kappa shape index (κ3) is 4.31. The summed E-state index contributed by atoms with van der Waals surface area (Å²) in [6, 6.07) is 0.159. The Morgan fingerprint density at radius 2 is 2.29 bits per heavy atom. The molecule has 80 valence electrons. The van der Waals surface area contributed by atoms with Crippen molar-refractivity contribution in [1.82, 2.24) is 10.6 Å². The van der Waals surface area contributed by atoms with E-state index in [4.69, 9.17) is 23.2 Å². The molecule has 0 aromatic heterocycles. The second-order valence-corrected chi connectivity index (χ2v) is 4.15. The molecule has 1 unspecified atom stereocenters. The number of amides is 1. The molecule has 1 atom stereocenters. The zero-order chi connectivity index (χ0) is 10.6. The van der Waals surface area contributed by atoms with Crippen LogP contribution >= 0.6 is 23.2 Å². The topological polar surface area (TPSA) is 41.1 Å². The van der Waals surface area contributed by atoms with Gasteiger partial charge < -0.3 is 10.6 Å². The van der Waals surface area contributed by atoms with E-state index in [1.54, 1.807) is 6.92 Å². The second-order valence-electron chi connectivity index (χ2n) is 3.44. The quantitative estimate of drug-likeness (QED) is 0.761. The van der Waals surface area contributed by atoms with E-state index in [2.05, 4.69) is 10.6 Å². The largest absolute Gasteiger partial charge is 0.352 e. The highest BCUT2D eigenvalue weighted by molar-refractivity contribution is 6.36. The average molecular weight is 237 g/mol. The molecule has 5 heteroatoms. The van der Waals surface area contributed by atoms with E-state index in [-0.39, 0.29) is 11.9 Å². The lowest BCUT2D eigenvalue weighted by molar-refractivity contribution is -0.122. The summed E-state index contributed by atoms with van der Waals surface area (Å²) >= 11 is 11.0. The fraction of sp³-hybridized carbons (Fsp3) is 0.667. The van der Waals surface area contributed by atoms with Gasteiger partial charge in [-0.2, -0.15) is 0 Å². The van der Waals surface area contributed by atoms with Crippen molar-refractivity contribution in [1.29, 1.82) is 0 Å². The Kier molecular flexibility index (Phi) is 4.72. The number of carbonyl (C=O) groups excluding carboxylic acids is 1. The summed E-state index contributed by atoms with van der Waals surface area (Å²) in [5, 5.41) is 6.37. The van der Waals surface area contributed by atoms with Crippen molar-refractivity contribution < 1.29 is 4.79 Å². The Bertz CT molecular complexity index is 239. The lowest BCUT2D eigenvalue weighted by atomic mass is 10.3. The van der Waals surface area contributed by atoms with Crippen molar-refractivity contribution in [2.45, 2.75) is 31.8 Å². The molecule has 3 nitrogen and oxygen atoms in total. The van der Waals surface area contributed by atoms with Crippen LogP contribution in [0.2, 0.25) is 0 Å². The highest BCUT2D eigenvalue weighted by Crippen LogP contribution is 2.18. The van der Waals surface area contributed by atoms with Gasteiger partial charge in [-0.1, -0.05) is 23.2 Å². The molecule has 1 aliphatic carbocycles. The first-order valence-electron chi connectivity index (χ1n) is 4.62. The van der Waals surface area contributed by atoms with Crippen LogP contribution in [0.3, 0.4) is 0 Å². The minimum absolute atomic E-state index is 0.0199. The van der Waals surface area contributed by atoms with E-state index < -0.39 is 0 Å². The number of rotatable bonds is 5. The highest BCUT2D eigenvalue weighted by atomic mass is 35.5. The van der Waals surface area contributed by atoms with Crippen LogP contribution in [0.15, 0.2) is 10.6 Å². The molecule has 1 rings (SSSR count). The lowest BCUT2D eigenvalue weighted by Crippen LogP contribution is -2.43. The first-order chi connectivity index (χ1) is 6.63. The Balaban J connectivity index is 2.18. The van der Waals surface area contributed by atoms with Crippen molar-refractivity contribution in [2.75, 3.05) is 6.54 Å². The molecule has 0 radical (unpaired) electrons. The van der Waals surface area contributed by atoms with Crippen LogP contribution in [0.4, 0.5) is 0 Å². The van der Waals surface area contributed by atoms with Crippen LogP contribution in [-0.2, 0) is 4.79 Å². The fourth-order valence-electron chi connectivity index (χ4n) is 0.936. The van der Waals surface area contributed by atoms with E-state index in [0.717, 1.165) is 12.8 Å². The molecule has 1 fully saturated rings. The van der Waals surface area contributed by atoms with Gasteiger partial charge in [0.25, 0.3) is 0 Å². The Labute approximate surface area is 93.8 Å². The number of hydrogen-bond acceptors (Lipinski definition) is 2. The third-order valence-electron chi connectivity index (χ3n) is 2.01. The minimum atomic E-state index is -0.235. The normalized spacial score (nSPS) is 19.2. The summed E-state index contributed by atoms with van der Waals surface area (Å²) in [5.74, 6) is 0.0199. The molecule has 0 heterocycles. The van der Waals surface area contributed by atoms with Crippen molar-refractivity contribution in [3.8, 4) is 0 Å². The third-order valence-corrected chi connectivity index (χ3v) is 2.63. The number of carbonyl (C=O) groups is 1. The van der Waals surface area contributed by atoms with Crippen LogP contribution in [0.25, 0.3) is 0 Å². The molecular weight excluding hydrogens is 223 g/mol. The molecule has 2 N–H and O–H groups in total. The summed E-state index contributed by atoms with van der Waals surface area (Å²) in [6.07, 6.45) is 2.20. The molecule has 14 heavy (non-hydrogen) atoms. The SMILES string of the molecule is CC(NCC(Cl)=CCl)C(=O)NC1CC1. The molecule has 0 bridgehead atoms. The van der Waals surface area contributed by atoms with Gasteiger partial charge in [-0.15, -0.1) is 0 Å². The van der Waals surface area contributed by atoms with Crippen molar-refractivity contribution in [3.63, 3.8) is 0 Å². The lowest BCUT2D eigenvalue weighted by Gasteiger charge is -2.12. The summed E-state index contributed by atoms with van der Waals surface area (Å²) in [6.45, 7) is 2.22. The number of halogens is 2. The summed E-state index contributed by atoms with van der Waals surface area (Å²) in [5.41, 5.74) is 1.29. The van der Waals surface area contributed by atoms with Gasteiger partial charge in [0.1, 0.15) is 0 Å². The fourth-order valence-corrected chi connectivity index (χ4v) is 1.09. The van der Waals surface area contributed by atoms with Gasteiger partial charge in [-0.3, -0.25) is 4.79 Å². The molecule has 0 aromatic rings. The summed E-state index contributed by atoms with van der Waals surface area (Å²) in [4.78, 5) is 11.4. The molecule has 0 spiro atoms. The maximum absolute atomic E-state index is 11.4. The first kappa shape index (κ1) is 11.8. The van der Waals surface area contributed by atoms with E-state index in [1.807, 2.05) is 0 Å². The van der Waals surface area contributed by atoms with Gasteiger partial charge >= 0.3 is 0 Å². The maximum Gasteiger partial charge on any atom is 0.237 e. The van der Waals surface area contributed by atoms with E-state index >= 15 is 0 Å². The van der Waals surface area contributed by atoms with E-state index in [0.29, 0.717) is 17.6 Å². The monoisotopic (exact) mass is 236 g/mol. The Morgan fingerprint density at radius 3 is 2.79 bits per heavy atom. The van der Waals surface area contributed by atoms with Gasteiger partial charge in [0.05, 0.1) is 6.04 Å². The van der Waals surface area contributed by atoms with Crippen LogP contribution in [-0.4, -0.2) is 24.5 Å². The van der Waals surface area contributed by atoms with Crippen LogP contribution in [0.5, 0.6) is 0 Å². The molecule has 0 aliphatic heterocycles. The number of hydrogen-bond donors (Lipinski definition) is 2. The van der Waals surface area contributed by atoms with Crippen molar-refractivity contribution in [2.24, 2.45) is 0 Å². The summed E-state index contributed by atoms with van der Waals surface area (Å²) < 4.78 is 0. The standard InChI is InChI=1S/C9H14Cl2N2O/c1-6(12-5-7(11)4-10)9(14)13-8-2-3-8/h4,6,8,12H,2-3,5H2,1H3,(H,13,14). The molecule has 1 aliphatic rings. The van der Waals surface area contributed by atoms with Gasteiger partial charge in [0.15, 0.2) is 0 Å². The van der Waals surface area contributed by atoms with Crippen molar-refractivity contribution in [3.05, 3.63) is 10.6 Å². The van der Waals surface area contributed by atoms with Gasteiger partial charge in [-0.05, 0) is 19.8 Å². The smallest absolute Gasteiger partial charge is 0.237 e. The molecule has 1 saturated carbocycles. The van der Waals surface area contributed by atoms with Crippen molar-refractivity contribution >= 4 is 29.1 Å². The van der Waals surface area contributed by atoms with Crippen LogP contribution in [0.1, 0.15) is 19.8 Å². The molecule has 1 amide bonds. The predicted octanol–water partition coefficient (Wildman–Crippen LogP) is 1.56. The molecule has 0 saturated heterocycles. The second kappa shape index (κ2) is 5.59. The zero-order valence-electron chi connectivity index (χ0n) is 8.02. The van der Waals surface area contributed by atoms with Gasteiger partial charge in [0, 0.05) is 23.2 Å². The highest BCUT2D eigenvalue weighted by Gasteiger charge is 2.25. The Morgan fingerprint density at radius 1 is 1.64 bits per heavy atom. The molecular formula is C9H14Cl2N2O. The van der Waals surface area contributed by atoms with Gasteiger partial charge in [-0.25, -0.2) is 0 Å². The summed E-state index contributed by atoms with van der Waals surface area (Å²) in [7, 11) is 0. The minimum Gasteiger partial charge on any atom is -0.352 e. The van der Waals surface area contributed by atoms with Crippen LogP contribution in [0, 0.1) is 0 Å². The molecule has 0 aromatic carbocycles. The Hall–Kier alpha value is -0.250. The first-order valence-corrected chi connectivity index (χ1v) is 5.43. The predicted molar refractivity (Wildman–Crippen MR) is 58.4 cm³/mol. The van der Waals surface area contributed by atoms with E-state index in [9.17, 15) is 4.79 Å². The van der Waals surface area contributed by atoms with Crippen LogP contribution < -0.4 is 10.6 Å². The van der Waals surface area contributed by atoms with Gasteiger partial charge in [0.2, 0.25) is 5.91 Å². The maximum atomic E-state index is 11.4. The van der Waals surface area contributed by atoms with E-state index in [1.165, 1.54) is 5.54 Å². The number of nitrogens with one attached hydrogen (secondary N) is 2.